The summed E-state index contributed by atoms with van der Waals surface area (Å²) in [5.41, 5.74) is 2.55. The Bertz CT molecular complexity index is 563. The highest BCUT2D eigenvalue weighted by atomic mass is 19.4. The van der Waals surface area contributed by atoms with Crippen LogP contribution in [0, 0.1) is 0 Å². The highest BCUT2D eigenvalue weighted by Gasteiger charge is 2.38. The van der Waals surface area contributed by atoms with E-state index in [1.54, 1.807) is 6.33 Å². The number of ether oxygens (including phenoxy) is 1. The molecule has 7 nitrogen and oxygen atoms in total. The molecule has 1 aromatic rings. The number of morpholine rings is 1. The van der Waals surface area contributed by atoms with Crippen LogP contribution in [0.15, 0.2) is 6.33 Å². The molecule has 10 heteroatoms. The summed E-state index contributed by atoms with van der Waals surface area (Å²) in [5.74, 6) is -1.63. The van der Waals surface area contributed by atoms with Crippen LogP contribution in [0.3, 0.4) is 0 Å². The number of carbonyl (C=O) groups is 1. The zero-order chi connectivity index (χ0) is 17.6. The van der Waals surface area contributed by atoms with Crippen molar-refractivity contribution in [1.82, 2.24) is 15.3 Å². The summed E-state index contributed by atoms with van der Waals surface area (Å²) in [4.78, 5) is 20.1. The number of nitrogens with one attached hydrogen (secondary N) is 1. The zero-order valence-electron chi connectivity index (χ0n) is 13.0. The van der Waals surface area contributed by atoms with E-state index >= 15 is 0 Å². The van der Waals surface area contributed by atoms with Gasteiger partial charge in [-0.3, -0.25) is 0 Å². The second-order valence-electron chi connectivity index (χ2n) is 5.27. The maximum atomic E-state index is 10.6. The van der Waals surface area contributed by atoms with Crippen molar-refractivity contribution >= 4 is 11.8 Å². The highest BCUT2D eigenvalue weighted by molar-refractivity contribution is 5.73. The first-order chi connectivity index (χ1) is 11.4. The first-order valence-electron chi connectivity index (χ1n) is 7.56. The molecule has 0 saturated carbocycles. The predicted molar refractivity (Wildman–Crippen MR) is 79.0 cm³/mol. The number of fused-ring (bicyclic) bond motifs is 1. The van der Waals surface area contributed by atoms with Gasteiger partial charge in [-0.05, 0) is 13.0 Å². The molecule has 0 aromatic carbocycles. The van der Waals surface area contributed by atoms with Crippen LogP contribution in [-0.2, 0) is 22.4 Å². The molecule has 0 radical (unpaired) electrons. The third-order valence-electron chi connectivity index (χ3n) is 3.66. The van der Waals surface area contributed by atoms with Gasteiger partial charge in [0.2, 0.25) is 0 Å². The minimum absolute atomic E-state index is 0.803. The van der Waals surface area contributed by atoms with Gasteiger partial charge in [0.25, 0.3) is 0 Å². The Hall–Kier alpha value is -1.94. The molecule has 3 rings (SSSR count). The van der Waals surface area contributed by atoms with E-state index in [0.29, 0.717) is 0 Å². The third-order valence-corrected chi connectivity index (χ3v) is 3.66. The van der Waals surface area contributed by atoms with E-state index < -0.39 is 12.1 Å². The van der Waals surface area contributed by atoms with E-state index in [9.17, 15) is 13.2 Å². The van der Waals surface area contributed by atoms with Gasteiger partial charge in [-0.2, -0.15) is 13.2 Å². The number of hydrogen-bond donors (Lipinski definition) is 2. The monoisotopic (exact) mass is 348 g/mol. The molecule has 2 N–H and O–H groups in total. The molecule has 134 valence electrons. The minimum atomic E-state index is -5.08. The lowest BCUT2D eigenvalue weighted by Crippen LogP contribution is -2.37. The van der Waals surface area contributed by atoms with Crippen molar-refractivity contribution in [3.8, 4) is 0 Å². The maximum Gasteiger partial charge on any atom is 0.490 e. The van der Waals surface area contributed by atoms with E-state index in [4.69, 9.17) is 14.6 Å². The summed E-state index contributed by atoms with van der Waals surface area (Å²) in [6, 6.07) is 0. The van der Waals surface area contributed by atoms with Crippen molar-refractivity contribution in [2.75, 3.05) is 44.3 Å². The standard InChI is InChI=1S/C12H18N4O.C2HF3O2/c1-3-13-4-2-11-10(1)12(15-9-14-11)16-5-7-17-8-6-16;3-2(4,5)1(6)7/h9,13H,1-8H2;(H,6,7). The zero-order valence-corrected chi connectivity index (χ0v) is 13.0. The number of alkyl halides is 3. The van der Waals surface area contributed by atoms with Gasteiger partial charge in [0, 0.05) is 31.6 Å². The number of nitrogens with zero attached hydrogens (tertiary/aromatic N) is 3. The molecule has 0 amide bonds. The van der Waals surface area contributed by atoms with Crippen molar-refractivity contribution in [2.45, 2.75) is 19.0 Å². The van der Waals surface area contributed by atoms with Crippen molar-refractivity contribution in [3.63, 3.8) is 0 Å². The molecule has 1 fully saturated rings. The second-order valence-corrected chi connectivity index (χ2v) is 5.27. The van der Waals surface area contributed by atoms with Crippen LogP contribution in [0.4, 0.5) is 19.0 Å². The van der Waals surface area contributed by atoms with Gasteiger partial charge >= 0.3 is 12.1 Å². The minimum Gasteiger partial charge on any atom is -0.475 e. The Morgan fingerprint density at radius 2 is 1.83 bits per heavy atom. The van der Waals surface area contributed by atoms with Crippen molar-refractivity contribution in [2.24, 2.45) is 0 Å². The normalized spacial score (nSPS) is 18.0. The number of carboxylic acids is 1. The van der Waals surface area contributed by atoms with Crippen LogP contribution in [-0.4, -0.2) is 66.6 Å². The van der Waals surface area contributed by atoms with Gasteiger partial charge < -0.3 is 20.1 Å². The average Bonchev–Trinajstić information content (AvgIpc) is 2.80. The van der Waals surface area contributed by atoms with Gasteiger partial charge in [0.05, 0.1) is 18.9 Å². The Kier molecular flexibility index (Phi) is 6.32. The van der Waals surface area contributed by atoms with E-state index in [-0.39, 0.29) is 0 Å². The highest BCUT2D eigenvalue weighted by Crippen LogP contribution is 2.22. The lowest BCUT2D eigenvalue weighted by Gasteiger charge is -2.29. The van der Waals surface area contributed by atoms with E-state index in [0.717, 1.165) is 58.1 Å². The topological polar surface area (TPSA) is 87.6 Å². The molecule has 1 saturated heterocycles. The number of aromatic nitrogens is 2. The number of anilines is 1. The molecule has 3 heterocycles. The molecule has 2 aliphatic heterocycles. The lowest BCUT2D eigenvalue weighted by molar-refractivity contribution is -0.192. The average molecular weight is 348 g/mol. The van der Waals surface area contributed by atoms with Crippen molar-refractivity contribution in [1.29, 1.82) is 0 Å². The van der Waals surface area contributed by atoms with Crippen molar-refractivity contribution < 1.29 is 27.8 Å². The van der Waals surface area contributed by atoms with Crippen LogP contribution in [0.2, 0.25) is 0 Å². The molecule has 2 aliphatic rings. The number of rotatable bonds is 1. The summed E-state index contributed by atoms with van der Waals surface area (Å²) in [7, 11) is 0. The maximum absolute atomic E-state index is 10.6. The molecule has 0 unspecified atom stereocenters. The Morgan fingerprint density at radius 3 is 2.46 bits per heavy atom. The fraction of sp³-hybridized carbons (Fsp3) is 0.643. The van der Waals surface area contributed by atoms with Gasteiger partial charge in [-0.1, -0.05) is 0 Å². The molecule has 0 spiro atoms. The first kappa shape index (κ1) is 18.4. The Morgan fingerprint density at radius 1 is 1.21 bits per heavy atom. The predicted octanol–water partition coefficient (Wildman–Crippen LogP) is 0.635. The third kappa shape index (κ3) is 5.03. The van der Waals surface area contributed by atoms with E-state index in [1.165, 1.54) is 11.3 Å². The summed E-state index contributed by atoms with van der Waals surface area (Å²) in [6.45, 7) is 5.53. The lowest BCUT2D eigenvalue weighted by atomic mass is 10.1. The Labute approximate surface area is 136 Å². The van der Waals surface area contributed by atoms with E-state index in [1.807, 2.05) is 0 Å². The summed E-state index contributed by atoms with van der Waals surface area (Å²) < 4.78 is 37.1. The number of aliphatic carboxylic acids is 1. The van der Waals surface area contributed by atoms with Crippen LogP contribution in [0.1, 0.15) is 11.3 Å². The quantitative estimate of drug-likeness (QED) is 0.770. The number of hydrogen-bond acceptors (Lipinski definition) is 6. The van der Waals surface area contributed by atoms with Crippen LogP contribution >= 0.6 is 0 Å². The van der Waals surface area contributed by atoms with Crippen molar-refractivity contribution in [3.05, 3.63) is 17.6 Å². The molecule has 0 atom stereocenters. The second kappa shape index (κ2) is 8.25. The first-order valence-corrected chi connectivity index (χ1v) is 7.56. The van der Waals surface area contributed by atoms with Gasteiger partial charge in [0.1, 0.15) is 12.1 Å². The molecule has 0 bridgehead atoms. The number of halogens is 3. The molecule has 1 aromatic heterocycles. The summed E-state index contributed by atoms with van der Waals surface area (Å²) in [5, 5.41) is 10.5. The fourth-order valence-corrected chi connectivity index (χ4v) is 2.50. The molecule has 0 aliphatic carbocycles. The SMILES string of the molecule is O=C(O)C(F)(F)F.c1nc2c(c(N3CCOCC3)n1)CCNCC2. The molecule has 24 heavy (non-hydrogen) atoms. The van der Waals surface area contributed by atoms with Gasteiger partial charge in [-0.15, -0.1) is 0 Å². The van der Waals surface area contributed by atoms with Crippen LogP contribution in [0.25, 0.3) is 0 Å². The molecular formula is C14H19F3N4O3. The van der Waals surface area contributed by atoms with Gasteiger partial charge in [-0.25, -0.2) is 14.8 Å². The largest absolute Gasteiger partial charge is 0.490 e. The smallest absolute Gasteiger partial charge is 0.475 e. The van der Waals surface area contributed by atoms with Gasteiger partial charge in [0.15, 0.2) is 0 Å². The Balaban J connectivity index is 0.000000256. The summed E-state index contributed by atoms with van der Waals surface area (Å²) >= 11 is 0. The van der Waals surface area contributed by atoms with E-state index in [2.05, 4.69) is 20.2 Å². The number of carboxylic acid groups (broad SMARTS) is 1. The van der Waals surface area contributed by atoms with Crippen LogP contribution in [0.5, 0.6) is 0 Å². The summed E-state index contributed by atoms with van der Waals surface area (Å²) in [6.07, 6.45) is -1.34. The molecular weight excluding hydrogens is 329 g/mol. The fourth-order valence-electron chi connectivity index (χ4n) is 2.50. The van der Waals surface area contributed by atoms with Crippen LogP contribution < -0.4 is 10.2 Å².